The highest BCUT2D eigenvalue weighted by atomic mass is 32.1. The van der Waals surface area contributed by atoms with Crippen LogP contribution in [-0.4, -0.2) is 25.1 Å². The minimum absolute atomic E-state index is 0.211. The first-order valence-corrected chi connectivity index (χ1v) is 12.2. The van der Waals surface area contributed by atoms with Crippen LogP contribution >= 0.6 is 11.3 Å². The molecule has 8 nitrogen and oxygen atoms in total. The third-order valence-corrected chi connectivity index (χ3v) is 6.20. The van der Waals surface area contributed by atoms with Gasteiger partial charge in [0.1, 0.15) is 12.4 Å². The quantitative estimate of drug-likeness (QED) is 0.318. The van der Waals surface area contributed by atoms with Crippen molar-refractivity contribution in [2.24, 2.45) is 0 Å². The Hall–Kier alpha value is -4.50. The van der Waals surface area contributed by atoms with Crippen LogP contribution in [0, 0.1) is 6.92 Å². The number of ether oxygens (including phenoxy) is 1. The van der Waals surface area contributed by atoms with Gasteiger partial charge in [0.25, 0.3) is 0 Å². The van der Waals surface area contributed by atoms with Crippen molar-refractivity contribution in [1.82, 2.24) is 19.2 Å². The van der Waals surface area contributed by atoms with Gasteiger partial charge in [0.15, 0.2) is 5.65 Å². The number of hydrogen-bond donors (Lipinski definition) is 1. The number of pyridine rings is 1. The number of amides is 1. The number of carbonyl (C=O) groups excluding carboxylic acids is 1. The van der Waals surface area contributed by atoms with E-state index in [0.717, 1.165) is 27.6 Å². The lowest BCUT2D eigenvalue weighted by atomic mass is 10.2. The van der Waals surface area contributed by atoms with E-state index >= 15 is 0 Å². The fraction of sp³-hybridized carbons (Fsp3) is 0.111. The van der Waals surface area contributed by atoms with E-state index in [1.54, 1.807) is 41.8 Å². The van der Waals surface area contributed by atoms with Crippen LogP contribution in [0.2, 0.25) is 0 Å². The molecule has 0 fully saturated rings. The monoisotopic (exact) mass is 497 g/mol. The molecule has 0 atom stereocenters. The Morgan fingerprint density at radius 1 is 1.11 bits per heavy atom. The zero-order chi connectivity index (χ0) is 24.9. The fourth-order valence-electron chi connectivity index (χ4n) is 3.65. The summed E-state index contributed by atoms with van der Waals surface area (Å²) in [5, 5.41) is 10.2. The van der Waals surface area contributed by atoms with Crippen molar-refractivity contribution < 1.29 is 9.53 Å². The summed E-state index contributed by atoms with van der Waals surface area (Å²) in [5.74, 6) is 0.486. The van der Waals surface area contributed by atoms with Gasteiger partial charge in [-0.15, -0.1) is 16.4 Å². The second-order valence-electron chi connectivity index (χ2n) is 8.11. The second-order valence-corrected chi connectivity index (χ2v) is 9.17. The topological polar surface area (TPSA) is 90.5 Å². The molecule has 1 N–H and O–H groups in total. The average Bonchev–Trinajstić information content (AvgIpc) is 3.45. The number of thiazole rings is 1. The zero-order valence-corrected chi connectivity index (χ0v) is 20.3. The molecule has 5 rings (SSSR count). The van der Waals surface area contributed by atoms with Crippen LogP contribution < -0.4 is 15.7 Å². The highest BCUT2D eigenvalue weighted by Crippen LogP contribution is 2.17. The van der Waals surface area contributed by atoms with Crippen LogP contribution in [0.15, 0.2) is 89.2 Å². The summed E-state index contributed by atoms with van der Waals surface area (Å²) in [4.78, 5) is 29.4. The molecule has 2 aromatic carbocycles. The van der Waals surface area contributed by atoms with Crippen LogP contribution in [0.1, 0.15) is 21.8 Å². The normalized spacial score (nSPS) is 11.2. The molecule has 3 aromatic heterocycles. The summed E-state index contributed by atoms with van der Waals surface area (Å²) in [6, 6.07) is 20.3. The van der Waals surface area contributed by atoms with Gasteiger partial charge < -0.3 is 10.1 Å². The molecule has 0 unspecified atom stereocenters. The van der Waals surface area contributed by atoms with Gasteiger partial charge in [0.05, 0.1) is 17.2 Å². The van der Waals surface area contributed by atoms with E-state index in [2.05, 4.69) is 15.4 Å². The molecule has 0 aliphatic carbocycles. The molecule has 0 spiro atoms. The molecule has 0 bridgehead atoms. The summed E-state index contributed by atoms with van der Waals surface area (Å²) < 4.78 is 8.66. The standard InChI is InChI=1S/C27H23N5O3S/c1-19-28-23(18-36-19)17-35-24-11-8-20(9-12-24)10-13-26(33)29-22-6-4-5-21(15-22)16-32-27(34)31-14-3-2-7-25(31)30-32/h2-15,18H,16-17H2,1H3,(H,29,33). The molecule has 0 aliphatic rings. The Bertz CT molecular complexity index is 1600. The van der Waals surface area contributed by atoms with E-state index in [0.29, 0.717) is 24.5 Å². The molecule has 0 aliphatic heterocycles. The van der Waals surface area contributed by atoms with E-state index in [-0.39, 0.29) is 11.6 Å². The molecule has 5 aromatic rings. The highest BCUT2D eigenvalue weighted by Gasteiger charge is 2.07. The molecule has 0 saturated heterocycles. The number of nitrogens with one attached hydrogen (secondary N) is 1. The number of carbonyl (C=O) groups is 1. The van der Waals surface area contributed by atoms with Crippen molar-refractivity contribution >= 4 is 34.7 Å². The average molecular weight is 498 g/mol. The van der Waals surface area contributed by atoms with Gasteiger partial charge in [-0.2, -0.15) is 0 Å². The summed E-state index contributed by atoms with van der Waals surface area (Å²) in [7, 11) is 0. The van der Waals surface area contributed by atoms with E-state index in [1.165, 1.54) is 15.2 Å². The van der Waals surface area contributed by atoms with Crippen LogP contribution in [0.25, 0.3) is 11.7 Å². The maximum absolute atomic E-state index is 12.5. The number of aromatic nitrogens is 4. The maximum atomic E-state index is 12.5. The third kappa shape index (κ3) is 5.59. The molecule has 180 valence electrons. The van der Waals surface area contributed by atoms with Gasteiger partial charge in [-0.3, -0.25) is 9.20 Å². The van der Waals surface area contributed by atoms with Crippen LogP contribution in [-0.2, 0) is 17.9 Å². The lowest BCUT2D eigenvalue weighted by Crippen LogP contribution is -2.21. The summed E-state index contributed by atoms with van der Waals surface area (Å²) in [5.41, 5.74) is 3.66. The summed E-state index contributed by atoms with van der Waals surface area (Å²) in [6.07, 6.45) is 4.91. The summed E-state index contributed by atoms with van der Waals surface area (Å²) >= 11 is 1.60. The van der Waals surface area contributed by atoms with Crippen molar-refractivity contribution in [2.75, 3.05) is 5.32 Å². The lowest BCUT2D eigenvalue weighted by molar-refractivity contribution is -0.111. The number of rotatable bonds is 8. The number of benzene rings is 2. The molecule has 3 heterocycles. The van der Waals surface area contributed by atoms with Crippen molar-refractivity contribution in [3.8, 4) is 5.75 Å². The maximum Gasteiger partial charge on any atom is 0.350 e. The Morgan fingerprint density at radius 2 is 1.97 bits per heavy atom. The zero-order valence-electron chi connectivity index (χ0n) is 19.5. The predicted octanol–water partition coefficient (Wildman–Crippen LogP) is 4.54. The Kier molecular flexibility index (Phi) is 6.72. The molecule has 0 saturated carbocycles. The van der Waals surface area contributed by atoms with Crippen molar-refractivity contribution in [3.05, 3.63) is 117 Å². The van der Waals surface area contributed by atoms with Gasteiger partial charge in [0.2, 0.25) is 5.91 Å². The number of nitrogens with zero attached hydrogens (tertiary/aromatic N) is 4. The Balaban J connectivity index is 1.18. The predicted molar refractivity (Wildman–Crippen MR) is 140 cm³/mol. The van der Waals surface area contributed by atoms with E-state index in [4.69, 9.17) is 4.74 Å². The van der Waals surface area contributed by atoms with Crippen molar-refractivity contribution in [3.63, 3.8) is 0 Å². The molecular weight excluding hydrogens is 474 g/mol. The van der Waals surface area contributed by atoms with E-state index in [9.17, 15) is 9.59 Å². The van der Waals surface area contributed by atoms with Crippen molar-refractivity contribution in [2.45, 2.75) is 20.1 Å². The Labute approximate surface area is 211 Å². The van der Waals surface area contributed by atoms with Crippen LogP contribution in [0.4, 0.5) is 5.69 Å². The number of anilines is 1. The molecular formula is C27H23N5O3S. The van der Waals surface area contributed by atoms with E-state index in [1.807, 2.05) is 60.8 Å². The smallest absolute Gasteiger partial charge is 0.350 e. The van der Waals surface area contributed by atoms with Gasteiger partial charge in [-0.1, -0.05) is 30.3 Å². The largest absolute Gasteiger partial charge is 0.487 e. The second kappa shape index (κ2) is 10.4. The molecule has 9 heteroatoms. The van der Waals surface area contributed by atoms with Gasteiger partial charge in [0, 0.05) is 23.3 Å². The van der Waals surface area contributed by atoms with E-state index < -0.39 is 0 Å². The molecule has 36 heavy (non-hydrogen) atoms. The lowest BCUT2D eigenvalue weighted by Gasteiger charge is -2.06. The minimum atomic E-state index is -0.253. The molecule has 1 amide bonds. The molecule has 0 radical (unpaired) electrons. The minimum Gasteiger partial charge on any atom is -0.487 e. The number of fused-ring (bicyclic) bond motifs is 1. The van der Waals surface area contributed by atoms with Crippen molar-refractivity contribution in [1.29, 1.82) is 0 Å². The first-order valence-electron chi connectivity index (χ1n) is 11.3. The fourth-order valence-corrected chi connectivity index (χ4v) is 4.25. The highest BCUT2D eigenvalue weighted by molar-refractivity contribution is 7.09. The Morgan fingerprint density at radius 3 is 2.75 bits per heavy atom. The first kappa shape index (κ1) is 23.3. The van der Waals surface area contributed by atoms with Crippen LogP contribution in [0.3, 0.4) is 0 Å². The SMILES string of the molecule is Cc1nc(COc2ccc(C=CC(=O)Nc3cccc(Cn4nc5ccccn5c4=O)c3)cc2)cs1. The van der Waals surface area contributed by atoms with Crippen LogP contribution in [0.5, 0.6) is 5.75 Å². The number of aryl methyl sites for hydroxylation is 1. The number of hydrogen-bond acceptors (Lipinski definition) is 6. The third-order valence-electron chi connectivity index (χ3n) is 5.38. The summed E-state index contributed by atoms with van der Waals surface area (Å²) in [6.45, 7) is 2.69. The van der Waals surface area contributed by atoms with Gasteiger partial charge >= 0.3 is 5.69 Å². The van der Waals surface area contributed by atoms with Gasteiger partial charge in [-0.25, -0.2) is 14.5 Å². The van der Waals surface area contributed by atoms with Gasteiger partial charge in [-0.05, 0) is 60.5 Å². The first-order chi connectivity index (χ1) is 17.5.